The van der Waals surface area contributed by atoms with Crippen molar-refractivity contribution in [2.75, 3.05) is 6.54 Å². The van der Waals surface area contributed by atoms with Gasteiger partial charge in [0.1, 0.15) is 5.78 Å². The average molecular weight is 314 g/mol. The normalized spacial score (nSPS) is 23.6. The van der Waals surface area contributed by atoms with Crippen LogP contribution in [0.2, 0.25) is 0 Å². The summed E-state index contributed by atoms with van der Waals surface area (Å²) in [6, 6.07) is 0. The molecule has 0 aliphatic heterocycles. The second kappa shape index (κ2) is 5.53. The summed E-state index contributed by atoms with van der Waals surface area (Å²) in [6.07, 6.45) is 3.68. The predicted octanol–water partition coefficient (Wildman–Crippen LogP) is 1.98. The number of ketones is 1. The van der Waals surface area contributed by atoms with Crippen molar-refractivity contribution in [2.24, 2.45) is 24.6 Å². The van der Waals surface area contributed by atoms with Gasteiger partial charge in [-0.1, -0.05) is 6.42 Å². The first-order valence-electron chi connectivity index (χ1n) is 6.45. The van der Waals surface area contributed by atoms with Gasteiger partial charge >= 0.3 is 0 Å². The van der Waals surface area contributed by atoms with Crippen LogP contribution in [0.4, 0.5) is 0 Å². The van der Waals surface area contributed by atoms with E-state index in [1.54, 1.807) is 4.68 Å². The number of aryl methyl sites for hydroxylation is 2. The quantitative estimate of drug-likeness (QED) is 0.924. The predicted molar refractivity (Wildman–Crippen MR) is 74.2 cm³/mol. The lowest BCUT2D eigenvalue weighted by atomic mass is 9.90. The smallest absolute Gasteiger partial charge is 0.142 e. The van der Waals surface area contributed by atoms with Gasteiger partial charge in [0, 0.05) is 19.4 Å². The van der Waals surface area contributed by atoms with Gasteiger partial charge in [-0.05, 0) is 48.2 Å². The van der Waals surface area contributed by atoms with E-state index in [4.69, 9.17) is 5.73 Å². The van der Waals surface area contributed by atoms with Crippen molar-refractivity contribution in [1.82, 2.24) is 9.78 Å². The minimum Gasteiger partial charge on any atom is -0.330 e. The van der Waals surface area contributed by atoms with Crippen LogP contribution in [0.15, 0.2) is 4.47 Å². The molecule has 1 heterocycles. The van der Waals surface area contributed by atoms with E-state index in [1.165, 1.54) is 0 Å². The van der Waals surface area contributed by atoms with Crippen molar-refractivity contribution in [2.45, 2.75) is 32.6 Å². The Hall–Kier alpha value is -0.680. The zero-order chi connectivity index (χ0) is 13.3. The van der Waals surface area contributed by atoms with Crippen molar-refractivity contribution in [3.63, 3.8) is 0 Å². The highest BCUT2D eigenvalue weighted by Gasteiger charge is 2.32. The Kier molecular flexibility index (Phi) is 4.22. The molecule has 0 amide bonds. The van der Waals surface area contributed by atoms with Crippen LogP contribution < -0.4 is 5.73 Å². The van der Waals surface area contributed by atoms with Crippen LogP contribution in [0.5, 0.6) is 0 Å². The summed E-state index contributed by atoms with van der Waals surface area (Å²) < 4.78 is 2.75. The second-order valence-corrected chi connectivity index (χ2v) is 5.94. The van der Waals surface area contributed by atoms with Crippen LogP contribution in [0.3, 0.4) is 0 Å². The molecule has 1 saturated carbocycles. The molecule has 1 fully saturated rings. The fourth-order valence-corrected chi connectivity index (χ4v) is 3.39. The van der Waals surface area contributed by atoms with Gasteiger partial charge in [0.05, 0.1) is 15.9 Å². The first-order chi connectivity index (χ1) is 8.54. The van der Waals surface area contributed by atoms with Crippen LogP contribution in [0.25, 0.3) is 0 Å². The summed E-state index contributed by atoms with van der Waals surface area (Å²) in [5.74, 6) is 0.842. The molecule has 4 nitrogen and oxygen atoms in total. The highest BCUT2D eigenvalue weighted by atomic mass is 79.9. The average Bonchev–Trinajstić information content (AvgIpc) is 2.90. The maximum absolute atomic E-state index is 12.4. The van der Waals surface area contributed by atoms with Crippen molar-refractivity contribution < 1.29 is 4.79 Å². The Morgan fingerprint density at radius 3 is 2.83 bits per heavy atom. The van der Waals surface area contributed by atoms with E-state index in [0.717, 1.165) is 35.1 Å². The number of halogens is 1. The number of carbonyl (C=O) groups is 1. The minimum atomic E-state index is 0.150. The van der Waals surface area contributed by atoms with Gasteiger partial charge in [0.2, 0.25) is 0 Å². The molecule has 2 unspecified atom stereocenters. The highest BCUT2D eigenvalue weighted by Crippen LogP contribution is 2.33. The van der Waals surface area contributed by atoms with Crippen LogP contribution in [-0.4, -0.2) is 22.1 Å². The van der Waals surface area contributed by atoms with Gasteiger partial charge < -0.3 is 5.73 Å². The summed E-state index contributed by atoms with van der Waals surface area (Å²) in [5.41, 5.74) is 7.65. The van der Waals surface area contributed by atoms with Crippen molar-refractivity contribution in [3.05, 3.63) is 15.9 Å². The monoisotopic (exact) mass is 313 g/mol. The van der Waals surface area contributed by atoms with Crippen molar-refractivity contribution in [1.29, 1.82) is 0 Å². The molecule has 1 aromatic rings. The number of nitrogens with zero attached hydrogens (tertiary/aromatic N) is 2. The van der Waals surface area contributed by atoms with Gasteiger partial charge in [-0.3, -0.25) is 9.48 Å². The summed E-state index contributed by atoms with van der Waals surface area (Å²) in [4.78, 5) is 12.4. The largest absolute Gasteiger partial charge is 0.330 e. The standard InChI is InChI=1S/C13H20BrN3O/c1-8-13(14)11(17(2)16-8)6-12(18)10-5-3-4-9(10)7-15/h9-10H,3-7,15H2,1-2H3. The molecule has 1 aliphatic rings. The molecule has 2 atom stereocenters. The summed E-state index contributed by atoms with van der Waals surface area (Å²) in [7, 11) is 1.88. The van der Waals surface area contributed by atoms with Gasteiger partial charge in [-0.15, -0.1) is 0 Å². The molecular weight excluding hydrogens is 294 g/mol. The molecule has 100 valence electrons. The van der Waals surface area contributed by atoms with Gasteiger partial charge in [-0.2, -0.15) is 5.10 Å². The molecule has 1 aromatic heterocycles. The number of carbonyl (C=O) groups excluding carboxylic acids is 1. The maximum atomic E-state index is 12.4. The van der Waals surface area contributed by atoms with Crippen molar-refractivity contribution in [3.8, 4) is 0 Å². The number of aromatic nitrogens is 2. The van der Waals surface area contributed by atoms with Crippen LogP contribution >= 0.6 is 15.9 Å². The van der Waals surface area contributed by atoms with E-state index in [0.29, 0.717) is 24.7 Å². The van der Waals surface area contributed by atoms with Gasteiger partial charge in [0.25, 0.3) is 0 Å². The van der Waals surface area contributed by atoms with E-state index in [2.05, 4.69) is 21.0 Å². The van der Waals surface area contributed by atoms with E-state index in [-0.39, 0.29) is 5.92 Å². The molecule has 0 bridgehead atoms. The third kappa shape index (κ3) is 2.52. The SMILES string of the molecule is Cc1nn(C)c(CC(=O)C2CCCC2CN)c1Br. The maximum Gasteiger partial charge on any atom is 0.142 e. The molecule has 1 aliphatic carbocycles. The summed E-state index contributed by atoms with van der Waals surface area (Å²) >= 11 is 3.51. The van der Waals surface area contributed by atoms with E-state index < -0.39 is 0 Å². The Bertz CT molecular complexity index is 455. The lowest BCUT2D eigenvalue weighted by molar-refractivity contribution is -0.123. The molecule has 0 aromatic carbocycles. The molecule has 0 radical (unpaired) electrons. The number of rotatable bonds is 4. The fraction of sp³-hybridized carbons (Fsp3) is 0.692. The summed E-state index contributed by atoms with van der Waals surface area (Å²) in [5, 5.41) is 4.32. The molecule has 2 rings (SSSR count). The van der Waals surface area contributed by atoms with E-state index in [1.807, 2.05) is 14.0 Å². The topological polar surface area (TPSA) is 60.9 Å². The first-order valence-corrected chi connectivity index (χ1v) is 7.24. The number of hydrogen-bond donors (Lipinski definition) is 1. The fourth-order valence-electron chi connectivity index (χ4n) is 2.91. The third-order valence-electron chi connectivity index (χ3n) is 3.98. The molecular formula is C13H20BrN3O. The highest BCUT2D eigenvalue weighted by molar-refractivity contribution is 9.10. The first kappa shape index (κ1) is 13.7. The zero-order valence-corrected chi connectivity index (χ0v) is 12.5. The number of nitrogens with two attached hydrogens (primary N) is 1. The lowest BCUT2D eigenvalue weighted by Gasteiger charge is -2.16. The molecule has 2 N–H and O–H groups in total. The Labute approximate surface area is 116 Å². The molecule has 0 spiro atoms. The van der Waals surface area contributed by atoms with Crippen LogP contribution in [-0.2, 0) is 18.3 Å². The molecule has 18 heavy (non-hydrogen) atoms. The third-order valence-corrected chi connectivity index (χ3v) is 5.01. The Morgan fingerprint density at radius 2 is 2.28 bits per heavy atom. The minimum absolute atomic E-state index is 0.150. The van der Waals surface area contributed by atoms with Gasteiger partial charge in [-0.25, -0.2) is 0 Å². The molecule has 0 saturated heterocycles. The lowest BCUT2D eigenvalue weighted by Crippen LogP contribution is -2.26. The van der Waals surface area contributed by atoms with Crippen molar-refractivity contribution >= 4 is 21.7 Å². The zero-order valence-electron chi connectivity index (χ0n) is 10.9. The van der Waals surface area contributed by atoms with Gasteiger partial charge in [0.15, 0.2) is 0 Å². The summed E-state index contributed by atoms with van der Waals surface area (Å²) in [6.45, 7) is 2.57. The number of Topliss-reactive ketones (excluding diaryl/α,β-unsaturated/α-hetero) is 1. The molecule has 5 heteroatoms. The van der Waals surface area contributed by atoms with Crippen LogP contribution in [0, 0.1) is 18.8 Å². The van der Waals surface area contributed by atoms with Crippen LogP contribution in [0.1, 0.15) is 30.7 Å². The Balaban J connectivity index is 2.11. The second-order valence-electron chi connectivity index (χ2n) is 5.15. The van der Waals surface area contributed by atoms with E-state index >= 15 is 0 Å². The Morgan fingerprint density at radius 1 is 1.56 bits per heavy atom. The van der Waals surface area contributed by atoms with E-state index in [9.17, 15) is 4.79 Å². The number of hydrogen-bond acceptors (Lipinski definition) is 3.